The van der Waals surface area contributed by atoms with E-state index in [4.69, 9.17) is 5.26 Å². The standard InChI is InChI=1S/C14H19N3O2S/c1-12-11-16(2)9-10-17(12)20(18,19)14-5-3-13(4-6-14)7-8-15/h3-6,12H,7,9-11H2,1-2H3. The highest BCUT2D eigenvalue weighted by atomic mass is 32.2. The molecule has 0 saturated carbocycles. The average molecular weight is 293 g/mol. The smallest absolute Gasteiger partial charge is 0.243 e. The number of benzene rings is 1. The monoisotopic (exact) mass is 293 g/mol. The molecule has 1 aromatic rings. The van der Waals surface area contributed by atoms with Gasteiger partial charge in [-0.15, -0.1) is 0 Å². The molecule has 20 heavy (non-hydrogen) atoms. The van der Waals surface area contributed by atoms with Crippen LogP contribution in [0.15, 0.2) is 29.2 Å². The van der Waals surface area contributed by atoms with Crippen molar-refractivity contribution >= 4 is 10.0 Å². The van der Waals surface area contributed by atoms with Crippen LogP contribution in [0.4, 0.5) is 0 Å². The van der Waals surface area contributed by atoms with Gasteiger partial charge in [-0.3, -0.25) is 0 Å². The molecule has 0 spiro atoms. The van der Waals surface area contributed by atoms with Crippen LogP contribution < -0.4 is 0 Å². The molecule has 5 nitrogen and oxygen atoms in total. The Labute approximate surface area is 120 Å². The molecule has 1 unspecified atom stereocenters. The number of nitrogens with zero attached hydrogens (tertiary/aromatic N) is 3. The highest BCUT2D eigenvalue weighted by Crippen LogP contribution is 2.21. The van der Waals surface area contributed by atoms with E-state index in [2.05, 4.69) is 11.0 Å². The minimum atomic E-state index is -3.44. The van der Waals surface area contributed by atoms with Crippen molar-refractivity contribution in [3.63, 3.8) is 0 Å². The van der Waals surface area contributed by atoms with Crippen LogP contribution in [0.1, 0.15) is 12.5 Å². The number of rotatable bonds is 3. The van der Waals surface area contributed by atoms with E-state index >= 15 is 0 Å². The molecule has 0 N–H and O–H groups in total. The van der Waals surface area contributed by atoms with Gasteiger partial charge in [0.05, 0.1) is 17.4 Å². The summed E-state index contributed by atoms with van der Waals surface area (Å²) >= 11 is 0. The third-order valence-corrected chi connectivity index (χ3v) is 5.61. The maximum absolute atomic E-state index is 12.6. The molecule has 1 aliphatic heterocycles. The second-order valence-electron chi connectivity index (χ2n) is 5.21. The second-order valence-corrected chi connectivity index (χ2v) is 7.10. The molecule has 1 aromatic carbocycles. The van der Waals surface area contributed by atoms with Crippen LogP contribution in [-0.2, 0) is 16.4 Å². The van der Waals surface area contributed by atoms with Gasteiger partial charge in [-0.2, -0.15) is 9.57 Å². The lowest BCUT2D eigenvalue weighted by atomic mass is 10.2. The van der Waals surface area contributed by atoms with Gasteiger partial charge in [0, 0.05) is 25.7 Å². The maximum Gasteiger partial charge on any atom is 0.243 e. The predicted molar refractivity (Wildman–Crippen MR) is 76.6 cm³/mol. The van der Waals surface area contributed by atoms with Gasteiger partial charge in [0.25, 0.3) is 0 Å². The Bertz CT molecular complexity index is 604. The lowest BCUT2D eigenvalue weighted by Crippen LogP contribution is -2.52. The Morgan fingerprint density at radius 1 is 1.30 bits per heavy atom. The summed E-state index contributed by atoms with van der Waals surface area (Å²) in [5.41, 5.74) is 0.831. The summed E-state index contributed by atoms with van der Waals surface area (Å²) in [7, 11) is -1.45. The molecule has 2 rings (SSSR count). The fourth-order valence-corrected chi connectivity index (χ4v) is 4.10. The van der Waals surface area contributed by atoms with E-state index in [1.807, 2.05) is 14.0 Å². The van der Waals surface area contributed by atoms with Crippen molar-refractivity contribution in [2.24, 2.45) is 0 Å². The summed E-state index contributed by atoms with van der Waals surface area (Å²) in [6.45, 7) is 3.93. The van der Waals surface area contributed by atoms with E-state index in [-0.39, 0.29) is 6.04 Å². The van der Waals surface area contributed by atoms with E-state index in [9.17, 15) is 8.42 Å². The van der Waals surface area contributed by atoms with Crippen LogP contribution in [0.2, 0.25) is 0 Å². The molecule has 108 valence electrons. The topological polar surface area (TPSA) is 64.4 Å². The first-order chi connectivity index (χ1) is 9.45. The molecule has 6 heteroatoms. The molecule has 0 amide bonds. The molecule has 0 aliphatic carbocycles. The van der Waals surface area contributed by atoms with Gasteiger partial charge in [0.2, 0.25) is 10.0 Å². The average Bonchev–Trinajstić information content (AvgIpc) is 2.39. The zero-order valence-corrected chi connectivity index (χ0v) is 12.6. The summed E-state index contributed by atoms with van der Waals surface area (Å²) in [5.74, 6) is 0. The van der Waals surface area contributed by atoms with E-state index in [1.165, 1.54) is 0 Å². The number of nitriles is 1. The van der Waals surface area contributed by atoms with Gasteiger partial charge < -0.3 is 4.90 Å². The van der Waals surface area contributed by atoms with E-state index < -0.39 is 10.0 Å². The Balaban J connectivity index is 2.24. The summed E-state index contributed by atoms with van der Waals surface area (Å²) < 4.78 is 26.8. The molecular weight excluding hydrogens is 274 g/mol. The number of hydrogen-bond donors (Lipinski definition) is 0. The number of sulfonamides is 1. The second kappa shape index (κ2) is 5.92. The van der Waals surface area contributed by atoms with Crippen LogP contribution in [0.5, 0.6) is 0 Å². The minimum absolute atomic E-state index is 0.0301. The van der Waals surface area contributed by atoms with Crippen LogP contribution in [0.25, 0.3) is 0 Å². The third kappa shape index (κ3) is 3.01. The van der Waals surface area contributed by atoms with Gasteiger partial charge in [-0.1, -0.05) is 12.1 Å². The highest BCUT2D eigenvalue weighted by Gasteiger charge is 2.32. The molecule has 1 atom stereocenters. The van der Waals surface area contributed by atoms with Crippen molar-refractivity contribution in [1.29, 1.82) is 5.26 Å². The lowest BCUT2D eigenvalue weighted by Gasteiger charge is -2.37. The van der Waals surface area contributed by atoms with Crippen LogP contribution in [0, 0.1) is 11.3 Å². The molecule has 0 aromatic heterocycles. The Morgan fingerprint density at radius 2 is 1.95 bits per heavy atom. The Hall–Kier alpha value is -1.42. The van der Waals surface area contributed by atoms with Crippen molar-refractivity contribution in [3.05, 3.63) is 29.8 Å². The first-order valence-corrected chi connectivity index (χ1v) is 8.05. The van der Waals surface area contributed by atoms with Crippen LogP contribution >= 0.6 is 0 Å². The van der Waals surface area contributed by atoms with E-state index in [0.717, 1.165) is 18.7 Å². The number of piperazine rings is 1. The van der Waals surface area contributed by atoms with Crippen molar-refractivity contribution in [2.75, 3.05) is 26.7 Å². The quantitative estimate of drug-likeness (QED) is 0.836. The van der Waals surface area contributed by atoms with Crippen molar-refractivity contribution in [1.82, 2.24) is 9.21 Å². The molecule has 0 radical (unpaired) electrons. The highest BCUT2D eigenvalue weighted by molar-refractivity contribution is 7.89. The molecule has 1 saturated heterocycles. The van der Waals surface area contributed by atoms with Crippen molar-refractivity contribution in [2.45, 2.75) is 24.3 Å². The van der Waals surface area contributed by atoms with E-state index in [1.54, 1.807) is 28.6 Å². The summed E-state index contributed by atoms with van der Waals surface area (Å²) in [4.78, 5) is 2.43. The van der Waals surface area contributed by atoms with Crippen molar-refractivity contribution < 1.29 is 8.42 Å². The first-order valence-electron chi connectivity index (χ1n) is 6.61. The largest absolute Gasteiger partial charge is 0.303 e. The lowest BCUT2D eigenvalue weighted by molar-refractivity contribution is 0.170. The van der Waals surface area contributed by atoms with E-state index in [0.29, 0.717) is 17.9 Å². The number of hydrogen-bond acceptors (Lipinski definition) is 4. The van der Waals surface area contributed by atoms with Crippen molar-refractivity contribution in [3.8, 4) is 6.07 Å². The molecule has 1 fully saturated rings. The normalized spacial score (nSPS) is 21.6. The van der Waals surface area contributed by atoms with Gasteiger partial charge in [-0.05, 0) is 31.7 Å². The summed E-state index contributed by atoms with van der Waals surface area (Å²) in [6.07, 6.45) is 0.297. The zero-order chi connectivity index (χ0) is 14.8. The van der Waals surface area contributed by atoms with Gasteiger partial charge in [0.1, 0.15) is 0 Å². The van der Waals surface area contributed by atoms with Gasteiger partial charge in [0.15, 0.2) is 0 Å². The maximum atomic E-state index is 12.6. The summed E-state index contributed by atoms with van der Waals surface area (Å²) in [5, 5.41) is 8.63. The Morgan fingerprint density at radius 3 is 2.50 bits per heavy atom. The molecule has 1 aliphatic rings. The van der Waals surface area contributed by atoms with Crippen LogP contribution in [-0.4, -0.2) is 50.3 Å². The number of likely N-dealkylation sites (N-methyl/N-ethyl adjacent to an activating group) is 1. The third-order valence-electron chi connectivity index (χ3n) is 3.58. The molecular formula is C14H19N3O2S. The van der Waals surface area contributed by atoms with Gasteiger partial charge in [-0.25, -0.2) is 8.42 Å². The Kier molecular flexibility index (Phi) is 4.43. The predicted octanol–water partition coefficient (Wildman–Crippen LogP) is 1.08. The summed E-state index contributed by atoms with van der Waals surface area (Å²) in [6, 6.07) is 8.61. The fourth-order valence-electron chi connectivity index (χ4n) is 2.49. The molecule has 1 heterocycles. The SMILES string of the molecule is CC1CN(C)CCN1S(=O)(=O)c1ccc(CC#N)cc1. The fraction of sp³-hybridized carbons (Fsp3) is 0.500. The zero-order valence-electron chi connectivity index (χ0n) is 11.8. The first kappa shape index (κ1) is 15.0. The van der Waals surface area contributed by atoms with Gasteiger partial charge >= 0.3 is 0 Å². The van der Waals surface area contributed by atoms with Crippen LogP contribution in [0.3, 0.4) is 0 Å². The molecule has 0 bridgehead atoms. The minimum Gasteiger partial charge on any atom is -0.303 e.